The molecular weight excluding hydrogens is 340 g/mol. The zero-order valence-electron chi connectivity index (χ0n) is 11.7. The molecule has 0 saturated heterocycles. The van der Waals surface area contributed by atoms with Crippen molar-refractivity contribution in [3.8, 4) is 0 Å². The van der Waals surface area contributed by atoms with Crippen molar-refractivity contribution >= 4 is 52.7 Å². The van der Waals surface area contributed by atoms with E-state index in [1.807, 2.05) is 6.07 Å². The quantitative estimate of drug-likeness (QED) is 0.477. The predicted octanol–water partition coefficient (Wildman–Crippen LogP) is 1.24. The van der Waals surface area contributed by atoms with E-state index in [9.17, 15) is 4.79 Å². The fraction of sp³-hybridized carbons (Fsp3) is 0.333. The van der Waals surface area contributed by atoms with Crippen LogP contribution in [0.2, 0.25) is 0 Å². The second-order valence-corrected chi connectivity index (χ2v) is 7.18. The van der Waals surface area contributed by atoms with Crippen LogP contribution in [-0.4, -0.2) is 38.9 Å². The van der Waals surface area contributed by atoms with E-state index in [-0.39, 0.29) is 23.6 Å². The van der Waals surface area contributed by atoms with E-state index in [4.69, 9.17) is 11.5 Å². The molecule has 0 aromatic carbocycles. The number of carbonyl (C=O) groups is 1. The van der Waals surface area contributed by atoms with Crippen LogP contribution in [0.1, 0.15) is 4.88 Å². The van der Waals surface area contributed by atoms with Crippen molar-refractivity contribution in [3.05, 3.63) is 22.4 Å². The molecular formula is C12H16N6OS3. The third-order valence-electron chi connectivity index (χ3n) is 2.37. The van der Waals surface area contributed by atoms with Crippen molar-refractivity contribution < 1.29 is 4.79 Å². The minimum atomic E-state index is -0.0701. The lowest BCUT2D eigenvalue weighted by Crippen LogP contribution is -2.27. The highest BCUT2D eigenvalue weighted by Crippen LogP contribution is 2.16. The zero-order valence-corrected chi connectivity index (χ0v) is 14.1. The second-order valence-electron chi connectivity index (χ2n) is 4.10. The van der Waals surface area contributed by atoms with Gasteiger partial charge < -0.3 is 16.8 Å². The van der Waals surface area contributed by atoms with E-state index >= 15 is 0 Å². The predicted molar refractivity (Wildman–Crippen MR) is 92.9 cm³/mol. The number of anilines is 2. The number of amides is 1. The first-order chi connectivity index (χ1) is 10.6. The minimum absolute atomic E-state index is 0.0559. The van der Waals surface area contributed by atoms with Crippen molar-refractivity contribution in [2.24, 2.45) is 0 Å². The van der Waals surface area contributed by atoms with Crippen LogP contribution in [-0.2, 0) is 10.5 Å². The summed E-state index contributed by atoms with van der Waals surface area (Å²) in [5, 5.41) is 5.27. The molecule has 0 fully saturated rings. The Morgan fingerprint density at radius 2 is 2.05 bits per heavy atom. The topological polar surface area (TPSA) is 120 Å². The Balaban J connectivity index is 1.59. The third kappa shape index (κ3) is 6.08. The number of hydrogen-bond donors (Lipinski definition) is 3. The van der Waals surface area contributed by atoms with Gasteiger partial charge in [0.1, 0.15) is 0 Å². The number of aromatic nitrogens is 3. The van der Waals surface area contributed by atoms with Crippen molar-refractivity contribution in [2.45, 2.75) is 10.9 Å². The fourth-order valence-electron chi connectivity index (χ4n) is 1.46. The summed E-state index contributed by atoms with van der Waals surface area (Å²) in [6.07, 6.45) is 0. The van der Waals surface area contributed by atoms with E-state index < -0.39 is 0 Å². The lowest BCUT2D eigenvalue weighted by Gasteiger charge is -2.05. The van der Waals surface area contributed by atoms with E-state index in [0.29, 0.717) is 11.7 Å². The zero-order chi connectivity index (χ0) is 15.8. The van der Waals surface area contributed by atoms with Gasteiger partial charge in [0.25, 0.3) is 0 Å². The van der Waals surface area contributed by atoms with Gasteiger partial charge in [0.05, 0.1) is 5.75 Å². The Hall–Kier alpha value is -1.52. The average molecular weight is 357 g/mol. The molecule has 22 heavy (non-hydrogen) atoms. The van der Waals surface area contributed by atoms with Gasteiger partial charge >= 0.3 is 0 Å². The average Bonchev–Trinajstić information content (AvgIpc) is 2.97. The highest BCUT2D eigenvalue weighted by Gasteiger charge is 2.06. The molecule has 10 heteroatoms. The monoisotopic (exact) mass is 356 g/mol. The number of thiophene rings is 1. The molecule has 5 N–H and O–H groups in total. The van der Waals surface area contributed by atoms with Gasteiger partial charge in [-0.25, -0.2) is 0 Å². The molecule has 0 atom stereocenters. The molecule has 0 bridgehead atoms. The number of hydrogen-bond acceptors (Lipinski definition) is 9. The summed E-state index contributed by atoms with van der Waals surface area (Å²) < 4.78 is 0. The van der Waals surface area contributed by atoms with E-state index in [1.165, 1.54) is 16.6 Å². The number of thioether (sulfide) groups is 2. The summed E-state index contributed by atoms with van der Waals surface area (Å²) in [4.78, 5) is 24.5. The van der Waals surface area contributed by atoms with Gasteiger partial charge in [0.2, 0.25) is 17.8 Å². The Labute approximate surface area is 140 Å². The maximum Gasteiger partial charge on any atom is 0.230 e. The highest BCUT2D eigenvalue weighted by molar-refractivity contribution is 7.99. The number of nitrogens with two attached hydrogens (primary N) is 2. The lowest BCUT2D eigenvalue weighted by atomic mass is 10.5. The molecule has 0 aliphatic rings. The molecule has 2 aromatic heterocycles. The molecule has 1 amide bonds. The van der Waals surface area contributed by atoms with Gasteiger partial charge in [-0.3, -0.25) is 4.79 Å². The molecule has 0 unspecified atom stereocenters. The Kier molecular flexibility index (Phi) is 6.74. The summed E-state index contributed by atoms with van der Waals surface area (Å²) in [6.45, 7) is 0.636. The summed E-state index contributed by atoms with van der Waals surface area (Å²) in [6, 6.07) is 4.15. The smallest absolute Gasteiger partial charge is 0.230 e. The maximum absolute atomic E-state index is 11.7. The normalized spacial score (nSPS) is 10.5. The Morgan fingerprint density at radius 3 is 2.73 bits per heavy atom. The molecule has 0 spiro atoms. The van der Waals surface area contributed by atoms with Gasteiger partial charge in [-0.2, -0.15) is 26.7 Å². The first-order valence-electron chi connectivity index (χ1n) is 6.40. The fourth-order valence-corrected chi connectivity index (χ4v) is 3.84. The van der Waals surface area contributed by atoms with Crippen LogP contribution in [0, 0.1) is 0 Å². The van der Waals surface area contributed by atoms with Crippen LogP contribution in [0.3, 0.4) is 0 Å². The second kappa shape index (κ2) is 8.81. The summed E-state index contributed by atoms with van der Waals surface area (Å²) >= 11 is 4.72. The van der Waals surface area contributed by atoms with Crippen LogP contribution in [0.5, 0.6) is 0 Å². The summed E-state index contributed by atoms with van der Waals surface area (Å²) in [7, 11) is 0. The van der Waals surface area contributed by atoms with E-state index in [0.717, 1.165) is 11.5 Å². The first-order valence-corrected chi connectivity index (χ1v) is 9.42. The van der Waals surface area contributed by atoms with Gasteiger partial charge in [0.15, 0.2) is 5.16 Å². The highest BCUT2D eigenvalue weighted by atomic mass is 32.2. The number of nitrogens with one attached hydrogen (secondary N) is 1. The van der Waals surface area contributed by atoms with Crippen LogP contribution in [0.4, 0.5) is 11.9 Å². The molecule has 7 nitrogen and oxygen atoms in total. The maximum atomic E-state index is 11.7. The van der Waals surface area contributed by atoms with Gasteiger partial charge in [-0.15, -0.1) is 11.3 Å². The number of nitrogens with zero attached hydrogens (tertiary/aromatic N) is 3. The van der Waals surface area contributed by atoms with Crippen LogP contribution in [0.15, 0.2) is 22.7 Å². The molecule has 0 saturated carbocycles. The van der Waals surface area contributed by atoms with Gasteiger partial charge in [-0.05, 0) is 11.4 Å². The Morgan fingerprint density at radius 1 is 1.27 bits per heavy atom. The van der Waals surface area contributed by atoms with E-state index in [2.05, 4.69) is 31.7 Å². The van der Waals surface area contributed by atoms with Crippen LogP contribution >= 0.6 is 34.9 Å². The van der Waals surface area contributed by atoms with Crippen LogP contribution in [0.25, 0.3) is 0 Å². The molecule has 2 rings (SSSR count). The molecule has 0 aliphatic carbocycles. The third-order valence-corrected chi connectivity index (χ3v) is 5.29. The van der Waals surface area contributed by atoms with Gasteiger partial charge in [0, 0.05) is 22.9 Å². The minimum Gasteiger partial charge on any atom is -0.368 e. The molecule has 0 aliphatic heterocycles. The van der Waals surface area contributed by atoms with Crippen LogP contribution < -0.4 is 16.8 Å². The number of rotatable bonds is 8. The van der Waals surface area contributed by atoms with Crippen molar-refractivity contribution in [3.63, 3.8) is 0 Å². The van der Waals surface area contributed by atoms with Crippen molar-refractivity contribution in [1.29, 1.82) is 0 Å². The molecule has 0 radical (unpaired) electrons. The first kappa shape index (κ1) is 16.8. The molecule has 2 aromatic rings. The van der Waals surface area contributed by atoms with Crippen molar-refractivity contribution in [2.75, 3.05) is 29.5 Å². The number of carbonyl (C=O) groups excluding carboxylic acids is 1. The largest absolute Gasteiger partial charge is 0.368 e. The van der Waals surface area contributed by atoms with Crippen molar-refractivity contribution in [1.82, 2.24) is 20.3 Å². The Bertz CT molecular complexity index is 587. The molecule has 2 heterocycles. The SMILES string of the molecule is Nc1nc(N)nc(SCC(=O)NCCSCc2cccs2)n1. The standard InChI is InChI=1S/C12H16N6OS3/c13-10-16-11(14)18-12(17-10)22-7-9(19)15-3-5-20-6-8-2-1-4-21-8/h1-2,4H,3,5-7H2,(H,15,19)(H4,13,14,16,17,18). The number of nitrogen functional groups attached to an aromatic ring is 2. The van der Waals surface area contributed by atoms with E-state index in [1.54, 1.807) is 23.1 Å². The molecule has 118 valence electrons. The summed E-state index contributed by atoms with van der Waals surface area (Å²) in [5.74, 6) is 2.12. The lowest BCUT2D eigenvalue weighted by molar-refractivity contribution is -0.118. The summed E-state index contributed by atoms with van der Waals surface area (Å²) in [5.41, 5.74) is 10.9. The van der Waals surface area contributed by atoms with Gasteiger partial charge in [-0.1, -0.05) is 17.8 Å².